The SMILES string of the molecule is [2H]c1c([2H])c([2H])c(-c2ccnc(-c3cc(-c4cccc5c4nc(-c4cc(C(C)(C)C)cc(C(C)(C)C)c4O)n5-c4cc(-c5ccccc5)c(C([2H])([2H])[2H])cc4-c4ccccc4)cc(C(C)(C)C)c3)c2)c([2H])c1[2H]. The Balaban J connectivity index is 1.40. The number of para-hydroxylation sites is 1. The van der Waals surface area contributed by atoms with E-state index >= 15 is 0 Å². The minimum Gasteiger partial charge on any atom is -0.507 e. The molecule has 1 N–H and O–H groups in total. The molecule has 2 heterocycles. The molecule has 0 aliphatic heterocycles. The molecule has 7 aromatic carbocycles. The molecule has 0 saturated heterocycles. The van der Waals surface area contributed by atoms with Crippen molar-refractivity contribution in [3.63, 3.8) is 0 Å². The summed E-state index contributed by atoms with van der Waals surface area (Å²) in [6.45, 7) is 16.6. The van der Waals surface area contributed by atoms with Crippen LogP contribution in [-0.2, 0) is 16.2 Å². The molecule has 0 radical (unpaired) electrons. The molecule has 4 heteroatoms. The number of aromatic hydroxyl groups is 1. The van der Waals surface area contributed by atoms with Crippen LogP contribution in [0.5, 0.6) is 5.75 Å². The molecule has 0 spiro atoms. The fourth-order valence-corrected chi connectivity index (χ4v) is 8.55. The largest absolute Gasteiger partial charge is 0.507 e. The highest BCUT2D eigenvalue weighted by molar-refractivity contribution is 5.98. The number of aromatic nitrogens is 3. The van der Waals surface area contributed by atoms with Crippen LogP contribution in [0.3, 0.4) is 0 Å². The van der Waals surface area contributed by atoms with Gasteiger partial charge < -0.3 is 5.11 Å². The van der Waals surface area contributed by atoms with E-state index in [0.29, 0.717) is 50.5 Å². The van der Waals surface area contributed by atoms with Gasteiger partial charge in [0.05, 0.1) is 34.8 Å². The average molecular weight is 858 g/mol. The number of nitrogens with zero attached hydrogens (tertiary/aromatic N) is 3. The third kappa shape index (κ3) is 8.42. The van der Waals surface area contributed by atoms with E-state index in [0.717, 1.165) is 44.5 Å². The number of imidazole rings is 1. The fraction of sp³-hybridized carbons (Fsp3) is 0.213. The van der Waals surface area contributed by atoms with Crippen LogP contribution in [0.4, 0.5) is 0 Å². The van der Waals surface area contributed by atoms with Gasteiger partial charge in [0.15, 0.2) is 0 Å². The van der Waals surface area contributed by atoms with Gasteiger partial charge in [0.25, 0.3) is 0 Å². The molecule has 0 saturated carbocycles. The highest BCUT2D eigenvalue weighted by Crippen LogP contribution is 2.46. The minimum absolute atomic E-state index is 0.0929. The standard InChI is InChI=1S/C61H59N3O/c1-39-31-50(42-25-18-13-19-26-42)55(38-49(39)41-23-16-12-17-24-41)64-54-28-20-27-48(56(54)63-58(64)51-36-47(60(5,6)7)37-52(57(51)65)61(8,9)10)44-32-45(34-46(33-44)59(2,3)4)53-35-43(29-30-62-53)40-21-14-11-15-22-40/h11-38,65H,1-10H3/i1D3,11D,14D,15D,21D,22D. The zero-order chi connectivity index (χ0) is 52.7. The number of fused-ring (bicyclic) bond motifs is 1. The van der Waals surface area contributed by atoms with E-state index in [9.17, 15) is 5.11 Å². The summed E-state index contributed by atoms with van der Waals surface area (Å²) in [7, 11) is 0. The lowest BCUT2D eigenvalue weighted by Crippen LogP contribution is -2.17. The van der Waals surface area contributed by atoms with Gasteiger partial charge in [-0.1, -0.05) is 177 Å². The Labute approximate surface area is 396 Å². The van der Waals surface area contributed by atoms with E-state index in [1.807, 2.05) is 97.1 Å². The van der Waals surface area contributed by atoms with Gasteiger partial charge in [-0.3, -0.25) is 9.55 Å². The van der Waals surface area contributed by atoms with Crippen molar-refractivity contribution in [2.75, 3.05) is 0 Å². The summed E-state index contributed by atoms with van der Waals surface area (Å²) in [5.41, 5.74) is 10.6. The summed E-state index contributed by atoms with van der Waals surface area (Å²) in [5.74, 6) is 0.568. The lowest BCUT2D eigenvalue weighted by molar-refractivity contribution is 0.446. The number of phenols is 1. The summed E-state index contributed by atoms with van der Waals surface area (Å²) < 4.78 is 71.1. The zero-order valence-corrected chi connectivity index (χ0v) is 38.6. The molecular weight excluding hydrogens is 791 g/mol. The Kier molecular flexibility index (Phi) is 8.73. The van der Waals surface area contributed by atoms with Crippen LogP contribution in [0.2, 0.25) is 0 Å². The van der Waals surface area contributed by atoms with Crippen LogP contribution in [0.15, 0.2) is 170 Å². The van der Waals surface area contributed by atoms with Crippen molar-refractivity contribution in [1.29, 1.82) is 0 Å². The number of phenolic OH excluding ortho intramolecular Hbond substituents is 1. The predicted molar refractivity (Wildman–Crippen MR) is 274 cm³/mol. The highest BCUT2D eigenvalue weighted by Gasteiger charge is 2.30. The van der Waals surface area contributed by atoms with E-state index in [-0.39, 0.29) is 39.8 Å². The highest BCUT2D eigenvalue weighted by atomic mass is 16.3. The Morgan fingerprint density at radius 1 is 0.523 bits per heavy atom. The van der Waals surface area contributed by atoms with Crippen molar-refractivity contribution in [2.24, 2.45) is 0 Å². The summed E-state index contributed by atoms with van der Waals surface area (Å²) in [4.78, 5) is 10.4. The lowest BCUT2D eigenvalue weighted by Gasteiger charge is -2.28. The molecule has 0 aliphatic carbocycles. The third-order valence-electron chi connectivity index (χ3n) is 12.2. The van der Waals surface area contributed by atoms with E-state index in [1.165, 1.54) is 0 Å². The van der Waals surface area contributed by atoms with Crippen molar-refractivity contribution >= 4 is 11.0 Å². The number of rotatable bonds is 7. The van der Waals surface area contributed by atoms with Crippen molar-refractivity contribution in [3.8, 4) is 78.6 Å². The lowest BCUT2D eigenvalue weighted by atomic mass is 9.79. The molecule has 0 fully saturated rings. The molecule has 324 valence electrons. The smallest absolute Gasteiger partial charge is 0.149 e. The van der Waals surface area contributed by atoms with E-state index in [4.69, 9.17) is 20.9 Å². The molecule has 0 aliphatic rings. The monoisotopic (exact) mass is 858 g/mol. The third-order valence-corrected chi connectivity index (χ3v) is 12.2. The first-order valence-corrected chi connectivity index (χ1v) is 22.1. The van der Waals surface area contributed by atoms with Gasteiger partial charge in [0.2, 0.25) is 0 Å². The minimum atomic E-state index is -2.47. The van der Waals surface area contributed by atoms with Crippen LogP contribution >= 0.6 is 0 Å². The molecular formula is C61H59N3O. The molecule has 2 aromatic heterocycles. The summed E-state index contributed by atoms with van der Waals surface area (Å²) >= 11 is 0. The summed E-state index contributed by atoms with van der Waals surface area (Å²) in [6.07, 6.45) is 1.60. The number of hydrogen-bond donors (Lipinski definition) is 1. The van der Waals surface area contributed by atoms with Crippen molar-refractivity contribution in [1.82, 2.24) is 14.5 Å². The first-order valence-electron chi connectivity index (χ1n) is 26.1. The molecule has 65 heavy (non-hydrogen) atoms. The molecule has 0 bridgehead atoms. The van der Waals surface area contributed by atoms with Gasteiger partial charge in [-0.2, -0.15) is 0 Å². The maximum Gasteiger partial charge on any atom is 0.149 e. The van der Waals surface area contributed by atoms with Crippen LogP contribution < -0.4 is 0 Å². The Bertz CT molecular complexity index is 3590. The van der Waals surface area contributed by atoms with Crippen LogP contribution in [0, 0.1) is 6.85 Å². The Hall–Kier alpha value is -7.04. The maximum atomic E-state index is 12.7. The first kappa shape index (κ1) is 34.4. The van der Waals surface area contributed by atoms with Gasteiger partial charge in [-0.25, -0.2) is 4.98 Å². The molecule has 9 aromatic rings. The number of benzene rings is 7. The first-order chi connectivity index (χ1) is 34.2. The Morgan fingerprint density at radius 3 is 1.82 bits per heavy atom. The van der Waals surface area contributed by atoms with Crippen LogP contribution in [-0.4, -0.2) is 19.6 Å². The molecule has 4 nitrogen and oxygen atoms in total. The molecule has 0 amide bonds. The van der Waals surface area contributed by atoms with Crippen LogP contribution in [0.1, 0.15) is 95.5 Å². The van der Waals surface area contributed by atoms with Crippen molar-refractivity contribution < 1.29 is 16.1 Å². The zero-order valence-electron chi connectivity index (χ0n) is 46.6. The number of pyridine rings is 1. The van der Waals surface area contributed by atoms with Gasteiger partial charge in [-0.15, -0.1) is 0 Å². The topological polar surface area (TPSA) is 50.9 Å². The van der Waals surface area contributed by atoms with Gasteiger partial charge >= 0.3 is 0 Å². The second kappa shape index (κ2) is 16.5. The van der Waals surface area contributed by atoms with Gasteiger partial charge in [-0.05, 0) is 122 Å². The van der Waals surface area contributed by atoms with Crippen LogP contribution in [0.25, 0.3) is 83.9 Å². The van der Waals surface area contributed by atoms with Crippen molar-refractivity contribution in [2.45, 2.75) is 85.4 Å². The number of aryl methyl sites for hydroxylation is 1. The summed E-state index contributed by atoms with van der Waals surface area (Å²) in [5, 5.41) is 12.7. The second-order valence-electron chi connectivity index (χ2n) is 20.0. The second-order valence-corrected chi connectivity index (χ2v) is 20.0. The normalized spacial score (nSPS) is 14.2. The average Bonchev–Trinajstić information content (AvgIpc) is 3.73. The van der Waals surface area contributed by atoms with Gasteiger partial charge in [0, 0.05) is 32.6 Å². The molecule has 0 atom stereocenters. The molecule has 0 unspecified atom stereocenters. The quantitative estimate of drug-likeness (QED) is 0.174. The summed E-state index contributed by atoms with van der Waals surface area (Å²) in [6, 6.07) is 41.1. The Morgan fingerprint density at radius 2 is 1.17 bits per heavy atom. The molecule has 9 rings (SSSR count). The van der Waals surface area contributed by atoms with E-state index in [2.05, 4.69) is 85.1 Å². The van der Waals surface area contributed by atoms with Crippen molar-refractivity contribution in [3.05, 3.63) is 192 Å². The van der Waals surface area contributed by atoms with E-state index < -0.39 is 30.4 Å². The van der Waals surface area contributed by atoms with E-state index in [1.54, 1.807) is 24.4 Å². The maximum absolute atomic E-state index is 12.7. The van der Waals surface area contributed by atoms with Gasteiger partial charge in [0.1, 0.15) is 11.6 Å². The number of hydrogen-bond acceptors (Lipinski definition) is 3. The fourth-order valence-electron chi connectivity index (χ4n) is 8.55. The predicted octanol–water partition coefficient (Wildman–Crippen LogP) is 16.3.